The lowest BCUT2D eigenvalue weighted by Gasteiger charge is -2.37. The first-order valence-electron chi connectivity index (χ1n) is 5.62. The highest BCUT2D eigenvalue weighted by Gasteiger charge is 2.25. The van der Waals surface area contributed by atoms with Crippen molar-refractivity contribution in [3.8, 4) is 0 Å². The molecule has 1 aliphatic heterocycles. The van der Waals surface area contributed by atoms with Crippen molar-refractivity contribution in [2.24, 2.45) is 5.92 Å². The van der Waals surface area contributed by atoms with Crippen molar-refractivity contribution in [3.63, 3.8) is 0 Å². The van der Waals surface area contributed by atoms with E-state index in [1.807, 2.05) is 0 Å². The zero-order valence-electron chi connectivity index (χ0n) is 9.65. The molecule has 1 aliphatic rings. The van der Waals surface area contributed by atoms with Gasteiger partial charge in [-0.2, -0.15) is 4.98 Å². The molecule has 2 unspecified atom stereocenters. The summed E-state index contributed by atoms with van der Waals surface area (Å²) >= 11 is 3.49. The fourth-order valence-corrected chi connectivity index (χ4v) is 2.71. The minimum Gasteiger partial charge on any atom is -0.368 e. The largest absolute Gasteiger partial charge is 0.368 e. The van der Waals surface area contributed by atoms with Crippen LogP contribution >= 0.6 is 15.9 Å². The van der Waals surface area contributed by atoms with Crippen molar-refractivity contribution in [2.75, 3.05) is 17.2 Å². The van der Waals surface area contributed by atoms with Crippen molar-refractivity contribution in [1.29, 1.82) is 0 Å². The van der Waals surface area contributed by atoms with E-state index >= 15 is 0 Å². The molecule has 1 aromatic rings. The number of anilines is 2. The summed E-state index contributed by atoms with van der Waals surface area (Å²) in [5.74, 6) is 2.06. The van der Waals surface area contributed by atoms with Crippen LogP contribution in [0.2, 0.25) is 0 Å². The molecule has 0 aliphatic carbocycles. The third-order valence-corrected chi connectivity index (χ3v) is 3.71. The topological polar surface area (TPSA) is 55.0 Å². The van der Waals surface area contributed by atoms with Gasteiger partial charge >= 0.3 is 0 Å². The summed E-state index contributed by atoms with van der Waals surface area (Å²) in [6, 6.07) is 0.509. The lowest BCUT2D eigenvalue weighted by Crippen LogP contribution is -2.41. The normalized spacial score (nSPS) is 25.8. The second-order valence-corrected chi connectivity index (χ2v) is 5.43. The summed E-state index contributed by atoms with van der Waals surface area (Å²) in [6.07, 6.45) is 4.14. The van der Waals surface area contributed by atoms with Crippen LogP contribution in [0.5, 0.6) is 0 Å². The van der Waals surface area contributed by atoms with Crippen LogP contribution in [0, 0.1) is 5.92 Å². The molecule has 0 saturated carbocycles. The van der Waals surface area contributed by atoms with Crippen LogP contribution in [0.1, 0.15) is 26.7 Å². The predicted octanol–water partition coefficient (Wildman–Crippen LogP) is 2.45. The Labute approximate surface area is 104 Å². The van der Waals surface area contributed by atoms with Gasteiger partial charge < -0.3 is 10.6 Å². The third-order valence-electron chi connectivity index (χ3n) is 3.15. The van der Waals surface area contributed by atoms with Crippen LogP contribution in [0.25, 0.3) is 0 Å². The standard InChI is InChI=1S/C11H17BrN4/c1-7-3-4-16(8(2)5-7)10-9(12)6-14-11(13)15-10/h6-8H,3-5H2,1-2H3,(H2,13,14,15). The fourth-order valence-electron chi connectivity index (χ4n) is 2.29. The Bertz CT molecular complexity index is 382. The molecular weight excluding hydrogens is 268 g/mol. The van der Waals surface area contributed by atoms with E-state index in [1.54, 1.807) is 6.20 Å². The van der Waals surface area contributed by atoms with Gasteiger partial charge in [0.2, 0.25) is 5.95 Å². The van der Waals surface area contributed by atoms with Crippen LogP contribution in [0.15, 0.2) is 10.7 Å². The molecule has 88 valence electrons. The number of piperidine rings is 1. The molecule has 2 heterocycles. The van der Waals surface area contributed by atoms with E-state index < -0.39 is 0 Å². The second kappa shape index (κ2) is 4.57. The molecule has 2 atom stereocenters. The van der Waals surface area contributed by atoms with Crippen LogP contribution in [0.3, 0.4) is 0 Å². The van der Waals surface area contributed by atoms with Crippen molar-refractivity contribution in [2.45, 2.75) is 32.7 Å². The van der Waals surface area contributed by atoms with Crippen LogP contribution in [-0.2, 0) is 0 Å². The van der Waals surface area contributed by atoms with E-state index in [4.69, 9.17) is 5.73 Å². The number of nitrogens with zero attached hydrogens (tertiary/aromatic N) is 3. The molecule has 1 aromatic heterocycles. The third kappa shape index (κ3) is 2.29. The summed E-state index contributed by atoms with van der Waals surface area (Å²) in [6.45, 7) is 5.58. The van der Waals surface area contributed by atoms with Gasteiger partial charge in [0.15, 0.2) is 0 Å². The molecule has 1 saturated heterocycles. The Hall–Kier alpha value is -0.840. The Kier molecular flexibility index (Phi) is 3.33. The number of nitrogens with two attached hydrogens (primary N) is 1. The van der Waals surface area contributed by atoms with Gasteiger partial charge in [-0.1, -0.05) is 6.92 Å². The van der Waals surface area contributed by atoms with Gasteiger partial charge in [0.05, 0.1) is 4.47 Å². The number of rotatable bonds is 1. The highest BCUT2D eigenvalue weighted by molar-refractivity contribution is 9.10. The van der Waals surface area contributed by atoms with Gasteiger partial charge in [-0.05, 0) is 41.6 Å². The van der Waals surface area contributed by atoms with Gasteiger partial charge in [-0.3, -0.25) is 0 Å². The molecule has 0 spiro atoms. The first kappa shape index (κ1) is 11.6. The second-order valence-electron chi connectivity index (χ2n) is 4.57. The van der Waals surface area contributed by atoms with E-state index in [0.717, 1.165) is 22.8 Å². The fraction of sp³-hybridized carbons (Fsp3) is 0.636. The van der Waals surface area contributed by atoms with E-state index in [2.05, 4.69) is 44.6 Å². The van der Waals surface area contributed by atoms with Crippen molar-refractivity contribution in [3.05, 3.63) is 10.7 Å². The Balaban J connectivity index is 2.26. The van der Waals surface area contributed by atoms with Crippen molar-refractivity contribution < 1.29 is 0 Å². The molecule has 2 rings (SSSR count). The summed E-state index contributed by atoms with van der Waals surface area (Å²) in [4.78, 5) is 10.6. The van der Waals surface area contributed by atoms with E-state index in [9.17, 15) is 0 Å². The van der Waals surface area contributed by atoms with Gasteiger partial charge in [-0.15, -0.1) is 0 Å². The van der Waals surface area contributed by atoms with E-state index in [0.29, 0.717) is 12.0 Å². The minimum atomic E-state index is 0.337. The molecule has 1 fully saturated rings. The molecule has 5 heteroatoms. The first-order chi connectivity index (χ1) is 7.58. The van der Waals surface area contributed by atoms with Gasteiger partial charge in [0.25, 0.3) is 0 Å². The monoisotopic (exact) mass is 284 g/mol. The zero-order valence-corrected chi connectivity index (χ0v) is 11.2. The zero-order chi connectivity index (χ0) is 11.7. The molecule has 2 N–H and O–H groups in total. The van der Waals surface area contributed by atoms with Crippen LogP contribution in [0.4, 0.5) is 11.8 Å². The summed E-state index contributed by atoms with van der Waals surface area (Å²) in [5.41, 5.74) is 5.64. The number of nitrogen functional groups attached to an aromatic ring is 1. The molecular formula is C11H17BrN4. The molecule has 4 nitrogen and oxygen atoms in total. The maximum Gasteiger partial charge on any atom is 0.222 e. The Morgan fingerprint density at radius 3 is 2.94 bits per heavy atom. The van der Waals surface area contributed by atoms with Crippen molar-refractivity contribution >= 4 is 27.7 Å². The lowest BCUT2D eigenvalue weighted by molar-refractivity contribution is 0.375. The molecule has 0 bridgehead atoms. The number of hydrogen-bond acceptors (Lipinski definition) is 4. The SMILES string of the molecule is CC1CCN(c2nc(N)ncc2Br)C(C)C1. The molecule has 0 radical (unpaired) electrons. The lowest BCUT2D eigenvalue weighted by atomic mass is 9.93. The summed E-state index contributed by atoms with van der Waals surface area (Å²) in [5, 5.41) is 0. The van der Waals surface area contributed by atoms with Crippen LogP contribution in [-0.4, -0.2) is 22.6 Å². The van der Waals surface area contributed by atoms with Gasteiger partial charge in [0, 0.05) is 18.8 Å². The molecule has 0 amide bonds. The first-order valence-corrected chi connectivity index (χ1v) is 6.42. The number of hydrogen-bond donors (Lipinski definition) is 1. The van der Waals surface area contributed by atoms with E-state index in [-0.39, 0.29) is 0 Å². The van der Waals surface area contributed by atoms with Crippen molar-refractivity contribution in [1.82, 2.24) is 9.97 Å². The highest BCUT2D eigenvalue weighted by atomic mass is 79.9. The maximum atomic E-state index is 5.64. The highest BCUT2D eigenvalue weighted by Crippen LogP contribution is 2.31. The quantitative estimate of drug-likeness (QED) is 0.861. The summed E-state index contributed by atoms with van der Waals surface area (Å²) < 4.78 is 0.920. The smallest absolute Gasteiger partial charge is 0.222 e. The average molecular weight is 285 g/mol. The van der Waals surface area contributed by atoms with E-state index in [1.165, 1.54) is 12.8 Å². The van der Waals surface area contributed by atoms with Gasteiger partial charge in [-0.25, -0.2) is 4.98 Å². The Morgan fingerprint density at radius 2 is 2.25 bits per heavy atom. The van der Waals surface area contributed by atoms with Crippen LogP contribution < -0.4 is 10.6 Å². The molecule has 16 heavy (non-hydrogen) atoms. The summed E-state index contributed by atoms with van der Waals surface area (Å²) in [7, 11) is 0. The predicted molar refractivity (Wildman–Crippen MR) is 69.4 cm³/mol. The number of halogens is 1. The molecule has 0 aromatic carbocycles. The number of aromatic nitrogens is 2. The van der Waals surface area contributed by atoms with Gasteiger partial charge in [0.1, 0.15) is 5.82 Å². The minimum absolute atomic E-state index is 0.337. The maximum absolute atomic E-state index is 5.64. The average Bonchev–Trinajstić information content (AvgIpc) is 2.22. The Morgan fingerprint density at radius 1 is 1.50 bits per heavy atom.